The Bertz CT molecular complexity index is 1520. The average Bonchev–Trinajstić information content (AvgIpc) is 2.91. The second-order valence-electron chi connectivity index (χ2n) is 10.9. The van der Waals surface area contributed by atoms with Crippen LogP contribution in [0.15, 0.2) is 71.6 Å². The van der Waals surface area contributed by atoms with Gasteiger partial charge in [-0.05, 0) is 76.1 Å². The number of nitrogens with zero attached hydrogens (tertiary/aromatic N) is 2. The monoisotopic (exact) mass is 633 g/mol. The van der Waals surface area contributed by atoms with Gasteiger partial charge in [0.05, 0.1) is 22.7 Å². The minimum atomic E-state index is -4.24. The number of nitrogens with one attached hydrogen (secondary N) is 1. The largest absolute Gasteiger partial charge is 0.495 e. The number of anilines is 1. The Hall–Kier alpha value is -3.27. The number of methoxy groups -OCH3 is 1. The predicted molar refractivity (Wildman–Crippen MR) is 168 cm³/mol. The van der Waals surface area contributed by atoms with Crippen molar-refractivity contribution in [3.8, 4) is 5.75 Å². The first-order chi connectivity index (χ1) is 19.7. The molecule has 1 atom stereocenters. The minimum absolute atomic E-state index is 0.00279. The number of carbonyl (C=O) groups excluding carboxylic acids is 2. The molecule has 0 aliphatic heterocycles. The molecule has 3 rings (SSSR count). The molecule has 0 bridgehead atoms. The van der Waals surface area contributed by atoms with Gasteiger partial charge >= 0.3 is 0 Å². The van der Waals surface area contributed by atoms with Crippen LogP contribution in [0.4, 0.5) is 5.69 Å². The van der Waals surface area contributed by atoms with E-state index < -0.39 is 34.1 Å². The number of rotatable bonds is 11. The molecule has 42 heavy (non-hydrogen) atoms. The van der Waals surface area contributed by atoms with Crippen molar-refractivity contribution in [1.29, 1.82) is 0 Å². The zero-order chi connectivity index (χ0) is 31.2. The van der Waals surface area contributed by atoms with Crippen molar-refractivity contribution in [3.63, 3.8) is 0 Å². The van der Waals surface area contributed by atoms with Crippen LogP contribution >= 0.6 is 23.2 Å². The molecule has 0 spiro atoms. The first-order valence-electron chi connectivity index (χ1n) is 13.5. The number of carbonyl (C=O) groups is 2. The van der Waals surface area contributed by atoms with Gasteiger partial charge in [-0.3, -0.25) is 13.9 Å². The van der Waals surface area contributed by atoms with Crippen LogP contribution in [0.3, 0.4) is 0 Å². The number of amides is 2. The molecule has 0 radical (unpaired) electrons. The van der Waals surface area contributed by atoms with Gasteiger partial charge in [0.25, 0.3) is 10.0 Å². The minimum Gasteiger partial charge on any atom is -0.495 e. The van der Waals surface area contributed by atoms with Crippen molar-refractivity contribution in [2.24, 2.45) is 0 Å². The van der Waals surface area contributed by atoms with E-state index in [1.54, 1.807) is 43.3 Å². The van der Waals surface area contributed by atoms with Crippen molar-refractivity contribution in [2.45, 2.75) is 64.1 Å². The maximum absolute atomic E-state index is 14.2. The van der Waals surface area contributed by atoms with Crippen LogP contribution in [-0.2, 0) is 26.2 Å². The van der Waals surface area contributed by atoms with Gasteiger partial charge in [0, 0.05) is 17.1 Å². The molecule has 226 valence electrons. The first kappa shape index (κ1) is 33.2. The van der Waals surface area contributed by atoms with Gasteiger partial charge in [-0.15, -0.1) is 0 Å². The van der Waals surface area contributed by atoms with Gasteiger partial charge in [0.1, 0.15) is 18.3 Å². The number of aryl methyl sites for hydroxylation is 1. The lowest BCUT2D eigenvalue weighted by molar-refractivity contribution is -0.141. The van der Waals surface area contributed by atoms with E-state index in [4.69, 9.17) is 27.9 Å². The number of halogens is 2. The lowest BCUT2D eigenvalue weighted by atomic mass is 10.1. The second kappa shape index (κ2) is 13.8. The van der Waals surface area contributed by atoms with Crippen molar-refractivity contribution in [1.82, 2.24) is 10.2 Å². The highest BCUT2D eigenvalue weighted by Crippen LogP contribution is 2.32. The summed E-state index contributed by atoms with van der Waals surface area (Å²) in [6.45, 7) is 8.59. The topological polar surface area (TPSA) is 96.0 Å². The molecule has 0 aliphatic rings. The zero-order valence-corrected chi connectivity index (χ0v) is 27.0. The Morgan fingerprint density at radius 1 is 0.976 bits per heavy atom. The summed E-state index contributed by atoms with van der Waals surface area (Å²) in [5.74, 6) is -0.594. The van der Waals surface area contributed by atoms with E-state index in [9.17, 15) is 18.0 Å². The molecule has 0 saturated carbocycles. The smallest absolute Gasteiger partial charge is 0.264 e. The van der Waals surface area contributed by atoms with Crippen LogP contribution in [0.1, 0.15) is 45.2 Å². The summed E-state index contributed by atoms with van der Waals surface area (Å²) < 4.78 is 34.3. The molecule has 0 fully saturated rings. The number of hydrogen-bond acceptors (Lipinski definition) is 5. The third-order valence-electron chi connectivity index (χ3n) is 6.49. The van der Waals surface area contributed by atoms with Crippen LogP contribution < -0.4 is 14.4 Å². The summed E-state index contributed by atoms with van der Waals surface area (Å²) >= 11 is 12.8. The van der Waals surface area contributed by atoms with Gasteiger partial charge in [-0.2, -0.15) is 0 Å². The van der Waals surface area contributed by atoms with Crippen LogP contribution in [-0.4, -0.2) is 50.4 Å². The number of benzene rings is 3. The maximum Gasteiger partial charge on any atom is 0.264 e. The first-order valence-corrected chi connectivity index (χ1v) is 15.7. The van der Waals surface area contributed by atoms with Crippen molar-refractivity contribution < 1.29 is 22.7 Å². The van der Waals surface area contributed by atoms with Crippen molar-refractivity contribution in [2.75, 3.05) is 18.0 Å². The molecule has 0 aliphatic carbocycles. The van der Waals surface area contributed by atoms with Crippen molar-refractivity contribution >= 4 is 50.7 Å². The SMILES string of the molecule is CC[C@H](C(=O)NC(C)(C)C)N(Cc1ccccc1Cl)C(=O)CN(c1ccc(OC)c(Cl)c1)S(=O)(=O)c1ccc(C)cc1. The molecule has 0 aromatic heterocycles. The summed E-state index contributed by atoms with van der Waals surface area (Å²) in [6.07, 6.45) is 0.289. The van der Waals surface area contributed by atoms with Crippen LogP contribution in [0, 0.1) is 6.92 Å². The Balaban J connectivity index is 2.12. The summed E-state index contributed by atoms with van der Waals surface area (Å²) in [4.78, 5) is 29.0. The fraction of sp³-hybridized carbons (Fsp3) is 0.355. The average molecular weight is 635 g/mol. The quantitative estimate of drug-likeness (QED) is 0.270. The van der Waals surface area contributed by atoms with Gasteiger partial charge in [-0.25, -0.2) is 8.42 Å². The molecule has 0 unspecified atom stereocenters. The zero-order valence-electron chi connectivity index (χ0n) is 24.6. The molecule has 2 amide bonds. The van der Waals surface area contributed by atoms with Crippen LogP contribution in [0.5, 0.6) is 5.75 Å². The molecule has 1 N–H and O–H groups in total. The normalized spacial score (nSPS) is 12.4. The molecule has 3 aromatic carbocycles. The van der Waals surface area contributed by atoms with E-state index in [1.165, 1.54) is 42.3 Å². The highest BCUT2D eigenvalue weighted by molar-refractivity contribution is 7.92. The van der Waals surface area contributed by atoms with E-state index in [2.05, 4.69) is 5.32 Å². The third kappa shape index (κ3) is 8.18. The standard InChI is InChI=1S/C31H37Cl2N3O5S/c1-7-27(30(38)34-31(3,4)5)35(19-22-10-8-9-11-25(22)32)29(37)20-36(23-14-17-28(41-6)26(33)18-23)42(39,40)24-15-12-21(2)13-16-24/h8-18,27H,7,19-20H2,1-6H3,(H,34,38)/t27-/m1/s1. The highest BCUT2D eigenvalue weighted by atomic mass is 35.5. The summed E-state index contributed by atoms with van der Waals surface area (Å²) in [5, 5.41) is 3.54. The van der Waals surface area contributed by atoms with E-state index >= 15 is 0 Å². The van der Waals surface area contributed by atoms with Gasteiger partial charge in [0.2, 0.25) is 11.8 Å². The molecule has 0 heterocycles. The second-order valence-corrected chi connectivity index (χ2v) is 13.6. The molecular formula is C31H37Cl2N3O5S. The van der Waals surface area contributed by atoms with E-state index in [0.29, 0.717) is 16.3 Å². The Morgan fingerprint density at radius 3 is 2.17 bits per heavy atom. The van der Waals surface area contributed by atoms with Crippen molar-refractivity contribution in [3.05, 3.63) is 87.9 Å². The lowest BCUT2D eigenvalue weighted by Gasteiger charge is -2.35. The van der Waals surface area contributed by atoms with Crippen LogP contribution in [0.2, 0.25) is 10.0 Å². The number of hydrogen-bond donors (Lipinski definition) is 1. The number of ether oxygens (including phenoxy) is 1. The van der Waals surface area contributed by atoms with Gasteiger partial charge in [0.15, 0.2) is 0 Å². The highest BCUT2D eigenvalue weighted by Gasteiger charge is 2.35. The van der Waals surface area contributed by atoms with Crippen LogP contribution in [0.25, 0.3) is 0 Å². The molecule has 8 nitrogen and oxygen atoms in total. The lowest BCUT2D eigenvalue weighted by Crippen LogP contribution is -2.55. The molecule has 0 saturated heterocycles. The molecule has 3 aromatic rings. The van der Waals surface area contributed by atoms with E-state index in [0.717, 1.165) is 9.87 Å². The fourth-order valence-corrected chi connectivity index (χ4v) is 6.21. The Morgan fingerprint density at radius 2 is 1.62 bits per heavy atom. The predicted octanol–water partition coefficient (Wildman–Crippen LogP) is 6.23. The third-order valence-corrected chi connectivity index (χ3v) is 8.95. The fourth-order valence-electron chi connectivity index (χ4n) is 4.36. The van der Waals surface area contributed by atoms with E-state index in [1.807, 2.05) is 27.7 Å². The summed E-state index contributed by atoms with van der Waals surface area (Å²) in [5.41, 5.74) is 1.12. The Labute approximate surface area is 258 Å². The Kier molecular flexibility index (Phi) is 10.9. The molecule has 11 heteroatoms. The van der Waals surface area contributed by atoms with E-state index in [-0.39, 0.29) is 34.5 Å². The summed E-state index contributed by atoms with van der Waals surface area (Å²) in [7, 11) is -2.79. The maximum atomic E-state index is 14.2. The van der Waals surface area contributed by atoms with Gasteiger partial charge < -0.3 is 15.0 Å². The summed E-state index contributed by atoms with van der Waals surface area (Å²) in [6, 6.07) is 16.9. The number of sulfonamides is 1. The van der Waals surface area contributed by atoms with Gasteiger partial charge in [-0.1, -0.05) is 66.0 Å². The molecular weight excluding hydrogens is 597 g/mol.